The van der Waals surface area contributed by atoms with E-state index in [4.69, 9.17) is 23.7 Å². The summed E-state index contributed by atoms with van der Waals surface area (Å²) in [6.45, 7) is 14.6. The van der Waals surface area contributed by atoms with Gasteiger partial charge < -0.3 is 38.6 Å². The van der Waals surface area contributed by atoms with Crippen LogP contribution in [0.1, 0.15) is 87.5 Å². The van der Waals surface area contributed by atoms with Crippen LogP contribution < -0.4 is 0 Å². The Morgan fingerprint density at radius 3 is 2.34 bits per heavy atom. The molecule has 0 spiro atoms. The van der Waals surface area contributed by atoms with Crippen LogP contribution in [0.5, 0.6) is 0 Å². The number of carbonyl (C=O) groups is 4. The molecule has 1 amide bonds. The third-order valence-electron chi connectivity index (χ3n) is 12.6. The number of likely N-dealkylation sites (N-methyl/N-ethyl adjacent to an activating group) is 1. The van der Waals surface area contributed by atoms with E-state index in [9.17, 15) is 24.3 Å². The lowest BCUT2D eigenvalue weighted by Crippen LogP contribution is -2.60. The normalized spacial score (nSPS) is 36.7. The molecule has 3 fully saturated rings. The van der Waals surface area contributed by atoms with E-state index in [2.05, 4.69) is 20.5 Å². The van der Waals surface area contributed by atoms with Gasteiger partial charge in [-0.05, 0) is 96.5 Å². The van der Waals surface area contributed by atoms with E-state index in [1.165, 1.54) is 14.0 Å². The number of cyclic esters (lactones) is 1. The number of fused-ring (bicyclic) bond motifs is 1. The molecule has 58 heavy (non-hydrogen) atoms. The van der Waals surface area contributed by atoms with Crippen LogP contribution in [0.2, 0.25) is 0 Å². The van der Waals surface area contributed by atoms with Crippen molar-refractivity contribution in [2.75, 3.05) is 27.7 Å². The van der Waals surface area contributed by atoms with E-state index in [0.717, 1.165) is 0 Å². The molecule has 5 rings (SSSR count). The standard InChI is InChI=1S/C41H63N7O10/c1-12-30-41(8)34(47(39(53)58-41)19-15-16-20-48-36(43-44-45-48)28-17-13-14-18-42-28)25(4)31(49)23(2)22-40(7,54-11)35(26(5)32(50)27(6)37(52)56-30)57-38-33(51)29(46(9)10)21-24(3)55-38/h13-14,17-18,23-27,29-30,33-35,38,51H,12,15-16,19-22H2,1-11H3/t23-,24-,25+,26+,27-,29+,30-,33-,34-,35-,38+,40-,41-/m1/s1. The molecule has 0 radical (unpaired) electrons. The number of hydrogen-bond acceptors (Lipinski definition) is 15. The Kier molecular flexibility index (Phi) is 14.5. The van der Waals surface area contributed by atoms with Crippen LogP contribution in [0.15, 0.2) is 24.4 Å². The van der Waals surface area contributed by atoms with E-state index < -0.39 is 83.4 Å². The first-order chi connectivity index (χ1) is 27.4. The summed E-state index contributed by atoms with van der Waals surface area (Å²) in [7, 11) is 5.22. The number of pyridine rings is 1. The zero-order valence-corrected chi connectivity index (χ0v) is 35.9. The molecule has 5 heterocycles. The van der Waals surface area contributed by atoms with Crippen molar-refractivity contribution in [3.63, 3.8) is 0 Å². The lowest BCUT2D eigenvalue weighted by atomic mass is 9.73. The quantitative estimate of drug-likeness (QED) is 0.196. The van der Waals surface area contributed by atoms with Gasteiger partial charge in [-0.1, -0.05) is 33.8 Å². The lowest BCUT2D eigenvalue weighted by molar-refractivity contribution is -0.295. The average molecular weight is 814 g/mol. The molecule has 3 aliphatic rings. The maximum Gasteiger partial charge on any atom is 0.410 e. The van der Waals surface area contributed by atoms with E-state index in [1.807, 2.05) is 44.1 Å². The van der Waals surface area contributed by atoms with Crippen LogP contribution in [0.4, 0.5) is 4.79 Å². The first-order valence-corrected chi connectivity index (χ1v) is 20.5. The summed E-state index contributed by atoms with van der Waals surface area (Å²) < 4.78 is 32.8. The summed E-state index contributed by atoms with van der Waals surface area (Å²) in [6, 6.07) is 4.38. The highest BCUT2D eigenvalue weighted by Crippen LogP contribution is 2.43. The van der Waals surface area contributed by atoms with Gasteiger partial charge in [0.2, 0.25) is 5.82 Å². The van der Waals surface area contributed by atoms with E-state index in [0.29, 0.717) is 37.3 Å². The van der Waals surface area contributed by atoms with Gasteiger partial charge in [0.05, 0.1) is 23.9 Å². The number of ketones is 2. The molecule has 2 aromatic rings. The minimum absolute atomic E-state index is 0.114. The van der Waals surface area contributed by atoms with Gasteiger partial charge in [-0.25, -0.2) is 9.48 Å². The average Bonchev–Trinajstić information content (AvgIpc) is 3.77. The molecule has 3 aliphatic heterocycles. The number of hydrogen-bond donors (Lipinski definition) is 1. The van der Waals surface area contributed by atoms with Crippen molar-refractivity contribution < 1.29 is 48.0 Å². The predicted octanol–water partition coefficient (Wildman–Crippen LogP) is 3.72. The molecule has 0 bridgehead atoms. The molecule has 2 aromatic heterocycles. The number of Topliss-reactive ketones (excluding diaryl/α,β-unsaturated/α-hetero) is 2. The molecule has 322 valence electrons. The van der Waals surface area contributed by atoms with Gasteiger partial charge in [0.15, 0.2) is 17.7 Å². The molecule has 0 aromatic carbocycles. The molecule has 0 saturated carbocycles. The number of aliphatic hydroxyl groups excluding tert-OH is 1. The third kappa shape index (κ3) is 9.13. The third-order valence-corrected chi connectivity index (χ3v) is 12.6. The second-order valence-corrected chi connectivity index (χ2v) is 17.0. The number of esters is 1. The van der Waals surface area contributed by atoms with Crippen LogP contribution in [0.25, 0.3) is 11.5 Å². The topological polar surface area (TPSA) is 198 Å². The Bertz CT molecular complexity index is 1750. The number of nitrogens with zero attached hydrogens (tertiary/aromatic N) is 7. The number of unbranched alkanes of at least 4 members (excludes halogenated alkanes) is 1. The summed E-state index contributed by atoms with van der Waals surface area (Å²) in [5.41, 5.74) is -2.08. The maximum absolute atomic E-state index is 14.7. The number of amides is 1. The Labute approximate surface area is 341 Å². The summed E-state index contributed by atoms with van der Waals surface area (Å²) in [5, 5.41) is 23.5. The fraction of sp³-hybridized carbons (Fsp3) is 0.756. The fourth-order valence-electron chi connectivity index (χ4n) is 9.29. The van der Waals surface area contributed by atoms with Crippen LogP contribution >= 0.6 is 0 Å². The zero-order valence-electron chi connectivity index (χ0n) is 35.9. The Hall–Kier alpha value is -3.90. The second-order valence-electron chi connectivity index (χ2n) is 17.0. The van der Waals surface area contributed by atoms with Crippen molar-refractivity contribution in [2.45, 2.75) is 148 Å². The number of ether oxygens (including phenoxy) is 5. The minimum atomic E-state index is -1.43. The summed E-state index contributed by atoms with van der Waals surface area (Å²) >= 11 is 0. The van der Waals surface area contributed by atoms with Gasteiger partial charge in [0, 0.05) is 50.2 Å². The van der Waals surface area contributed by atoms with Crippen LogP contribution in [-0.4, -0.2) is 145 Å². The highest BCUT2D eigenvalue weighted by atomic mass is 16.7. The summed E-state index contributed by atoms with van der Waals surface area (Å²) in [5.74, 6) is -4.55. The number of methoxy groups -OCH3 is 1. The van der Waals surface area contributed by atoms with E-state index in [-0.39, 0.29) is 37.3 Å². The fourth-order valence-corrected chi connectivity index (χ4v) is 9.29. The zero-order chi connectivity index (χ0) is 42.7. The van der Waals surface area contributed by atoms with Gasteiger partial charge in [0.25, 0.3) is 0 Å². The number of aromatic nitrogens is 5. The lowest BCUT2D eigenvalue weighted by Gasteiger charge is -2.47. The van der Waals surface area contributed by atoms with Crippen LogP contribution in [0.3, 0.4) is 0 Å². The van der Waals surface area contributed by atoms with Crippen molar-refractivity contribution in [2.24, 2.45) is 23.7 Å². The highest BCUT2D eigenvalue weighted by Gasteiger charge is 2.60. The van der Waals surface area contributed by atoms with Gasteiger partial charge in [0.1, 0.15) is 29.6 Å². The van der Waals surface area contributed by atoms with Crippen molar-refractivity contribution in [3.05, 3.63) is 24.4 Å². The van der Waals surface area contributed by atoms with Crippen LogP contribution in [-0.2, 0) is 44.6 Å². The number of tetrazole rings is 1. The number of carbonyl (C=O) groups excluding carboxylic acids is 4. The van der Waals surface area contributed by atoms with Crippen molar-refractivity contribution in [1.82, 2.24) is 35.0 Å². The number of aliphatic hydroxyl groups is 1. The van der Waals surface area contributed by atoms with Crippen molar-refractivity contribution in [1.29, 1.82) is 0 Å². The molecule has 13 atom stereocenters. The minimum Gasteiger partial charge on any atom is -0.458 e. The Balaban J connectivity index is 1.45. The number of rotatable bonds is 11. The number of aryl methyl sites for hydroxylation is 1. The molecule has 3 saturated heterocycles. The first kappa shape index (κ1) is 45.2. The van der Waals surface area contributed by atoms with Crippen molar-refractivity contribution >= 4 is 23.6 Å². The van der Waals surface area contributed by atoms with Gasteiger partial charge in [-0.15, -0.1) is 5.10 Å². The van der Waals surface area contributed by atoms with Gasteiger partial charge in [-0.2, -0.15) is 0 Å². The van der Waals surface area contributed by atoms with Crippen LogP contribution in [0, 0.1) is 23.7 Å². The summed E-state index contributed by atoms with van der Waals surface area (Å²) in [4.78, 5) is 64.7. The molecule has 1 N–H and O–H groups in total. The Morgan fingerprint density at radius 2 is 1.71 bits per heavy atom. The molecule has 0 unspecified atom stereocenters. The molecule has 17 nitrogen and oxygen atoms in total. The van der Waals surface area contributed by atoms with Gasteiger partial charge in [-0.3, -0.25) is 19.4 Å². The predicted molar refractivity (Wildman–Crippen MR) is 210 cm³/mol. The molecule has 0 aliphatic carbocycles. The molecule has 17 heteroatoms. The highest BCUT2D eigenvalue weighted by molar-refractivity contribution is 6.00. The van der Waals surface area contributed by atoms with E-state index in [1.54, 1.807) is 57.3 Å². The monoisotopic (exact) mass is 813 g/mol. The smallest absolute Gasteiger partial charge is 0.410 e. The second kappa shape index (κ2) is 18.6. The Morgan fingerprint density at radius 1 is 1.00 bits per heavy atom. The first-order valence-electron chi connectivity index (χ1n) is 20.5. The molecular weight excluding hydrogens is 750 g/mol. The van der Waals surface area contributed by atoms with Gasteiger partial charge >= 0.3 is 12.1 Å². The largest absolute Gasteiger partial charge is 0.458 e. The SMILES string of the molecule is CC[C@H]1OC(=O)[C@H](C)C(=O)[C@H](C)[C@@H](O[C@@H]2O[C@H](C)C[C@H](N(C)C)[C@H]2O)[C@](C)(OC)C[C@@H](C)C(=O)[C@H](C)[C@H]2N(CCCCn3nnnc3-c3ccccn3)C(=O)O[C@]12C. The summed E-state index contributed by atoms with van der Waals surface area (Å²) in [6.07, 6.45) is -1.42. The molecular formula is C41H63N7O10. The maximum atomic E-state index is 14.7. The van der Waals surface area contributed by atoms with Crippen molar-refractivity contribution in [3.8, 4) is 11.5 Å². The van der Waals surface area contributed by atoms with E-state index >= 15 is 0 Å².